The number of urea groups is 1. The van der Waals surface area contributed by atoms with Crippen LogP contribution < -0.4 is 15.0 Å². The molecule has 8 heteroatoms. The van der Waals surface area contributed by atoms with Crippen molar-refractivity contribution >= 4 is 11.7 Å². The number of anilines is 1. The van der Waals surface area contributed by atoms with Gasteiger partial charge in [0.1, 0.15) is 5.75 Å². The van der Waals surface area contributed by atoms with Crippen LogP contribution in [0.5, 0.6) is 5.75 Å². The van der Waals surface area contributed by atoms with Gasteiger partial charge in [-0.1, -0.05) is 36.4 Å². The number of carbonyl (C=O) groups excluding carboxylic acids is 1. The molecule has 1 aliphatic carbocycles. The summed E-state index contributed by atoms with van der Waals surface area (Å²) in [4.78, 5) is 16.5. The van der Waals surface area contributed by atoms with Gasteiger partial charge >= 0.3 is 12.4 Å². The fraction of sp³-hybridized carbons (Fsp3) is 0.435. The van der Waals surface area contributed by atoms with Crippen LogP contribution in [0.15, 0.2) is 54.6 Å². The minimum Gasteiger partial charge on any atom is -0.406 e. The average molecular weight is 433 g/mol. The van der Waals surface area contributed by atoms with E-state index in [0.717, 1.165) is 25.7 Å². The molecule has 1 saturated carbocycles. The highest BCUT2D eigenvalue weighted by molar-refractivity contribution is 5.95. The third-order valence-electron chi connectivity index (χ3n) is 6.64. The smallest absolute Gasteiger partial charge is 0.406 e. The summed E-state index contributed by atoms with van der Waals surface area (Å²) < 4.78 is 41.7. The van der Waals surface area contributed by atoms with E-state index in [1.54, 1.807) is 6.07 Å². The first-order valence-corrected chi connectivity index (χ1v) is 10.3. The maximum absolute atomic E-state index is 12.8. The molecule has 2 aromatic carbocycles. The number of halogens is 3. The molecule has 4 rings (SSSR count). The van der Waals surface area contributed by atoms with E-state index in [2.05, 4.69) is 41.2 Å². The van der Waals surface area contributed by atoms with Gasteiger partial charge in [0.05, 0.1) is 12.1 Å². The number of ether oxygens (including phenoxy) is 1. The first-order chi connectivity index (χ1) is 14.6. The third-order valence-corrected chi connectivity index (χ3v) is 6.64. The van der Waals surface area contributed by atoms with Crippen LogP contribution in [0.2, 0.25) is 0 Å². The zero-order valence-corrected chi connectivity index (χ0v) is 17.6. The van der Waals surface area contributed by atoms with Crippen LogP contribution in [0.3, 0.4) is 0 Å². The van der Waals surface area contributed by atoms with Gasteiger partial charge in [0.15, 0.2) is 0 Å². The molecule has 0 aromatic heterocycles. The van der Waals surface area contributed by atoms with Gasteiger partial charge in [0, 0.05) is 17.3 Å². The lowest BCUT2D eigenvalue weighted by Gasteiger charge is -2.48. The van der Waals surface area contributed by atoms with Crippen LogP contribution in [-0.2, 0) is 5.54 Å². The van der Waals surface area contributed by atoms with E-state index in [0.29, 0.717) is 12.2 Å². The summed E-state index contributed by atoms with van der Waals surface area (Å²) >= 11 is 0. The Morgan fingerprint density at radius 3 is 2.29 bits per heavy atom. The predicted molar refractivity (Wildman–Crippen MR) is 112 cm³/mol. The van der Waals surface area contributed by atoms with E-state index in [4.69, 9.17) is 0 Å². The molecule has 0 radical (unpaired) electrons. The Morgan fingerprint density at radius 1 is 1.00 bits per heavy atom. The summed E-state index contributed by atoms with van der Waals surface area (Å²) in [5, 5.41) is 3.12. The summed E-state index contributed by atoms with van der Waals surface area (Å²) in [6.07, 6.45) is -1.48. The molecule has 2 fully saturated rings. The van der Waals surface area contributed by atoms with Gasteiger partial charge < -0.3 is 10.1 Å². The Labute approximate surface area is 179 Å². The SMILES string of the molecule is CN(C)[C@]1(c2ccccc2)CC[C@@]2(CC1)CN(c1cccc(OC(F)(F)F)c1)C(=O)N2. The largest absolute Gasteiger partial charge is 0.573 e. The maximum atomic E-state index is 12.8. The number of nitrogens with one attached hydrogen (secondary N) is 1. The van der Waals surface area contributed by atoms with Gasteiger partial charge in [-0.05, 0) is 57.5 Å². The molecule has 1 aliphatic heterocycles. The van der Waals surface area contributed by atoms with E-state index in [-0.39, 0.29) is 17.3 Å². The number of hydrogen-bond donors (Lipinski definition) is 1. The van der Waals surface area contributed by atoms with Crippen LogP contribution in [0.4, 0.5) is 23.7 Å². The van der Waals surface area contributed by atoms with E-state index >= 15 is 0 Å². The van der Waals surface area contributed by atoms with Crippen molar-refractivity contribution in [3.05, 3.63) is 60.2 Å². The van der Waals surface area contributed by atoms with Crippen molar-refractivity contribution in [1.82, 2.24) is 10.2 Å². The molecule has 1 spiro atoms. The number of carbonyl (C=O) groups is 1. The summed E-state index contributed by atoms with van der Waals surface area (Å²) in [6.45, 7) is 0.416. The summed E-state index contributed by atoms with van der Waals surface area (Å²) in [6, 6.07) is 15.6. The quantitative estimate of drug-likeness (QED) is 0.747. The van der Waals surface area contributed by atoms with Crippen LogP contribution in [0.25, 0.3) is 0 Å². The third kappa shape index (κ3) is 4.21. The van der Waals surface area contributed by atoms with Crippen molar-refractivity contribution in [2.45, 2.75) is 43.1 Å². The van der Waals surface area contributed by atoms with Gasteiger partial charge in [-0.15, -0.1) is 13.2 Å². The van der Waals surface area contributed by atoms with Crippen LogP contribution in [0, 0.1) is 0 Å². The number of benzene rings is 2. The van der Waals surface area contributed by atoms with Crippen LogP contribution in [-0.4, -0.2) is 43.5 Å². The Hall–Kier alpha value is -2.74. The molecule has 5 nitrogen and oxygen atoms in total. The van der Waals surface area contributed by atoms with Gasteiger partial charge in [0.2, 0.25) is 0 Å². The van der Waals surface area contributed by atoms with Crippen LogP contribution in [0.1, 0.15) is 31.2 Å². The fourth-order valence-corrected chi connectivity index (χ4v) is 4.93. The monoisotopic (exact) mass is 433 g/mol. The first kappa shape index (κ1) is 21.5. The molecule has 2 amide bonds. The highest BCUT2D eigenvalue weighted by Crippen LogP contribution is 2.46. The molecule has 1 N–H and O–H groups in total. The van der Waals surface area contributed by atoms with Crippen molar-refractivity contribution in [3.63, 3.8) is 0 Å². The molecular weight excluding hydrogens is 407 g/mol. The Bertz CT molecular complexity index is 939. The lowest BCUT2D eigenvalue weighted by Crippen LogP contribution is -2.54. The average Bonchev–Trinajstić information content (AvgIpc) is 3.04. The molecule has 2 aromatic rings. The maximum Gasteiger partial charge on any atom is 0.573 e. The fourth-order valence-electron chi connectivity index (χ4n) is 4.93. The first-order valence-electron chi connectivity index (χ1n) is 10.3. The van der Waals surface area contributed by atoms with E-state index in [1.807, 2.05) is 18.2 Å². The van der Waals surface area contributed by atoms with Gasteiger partial charge in [-0.2, -0.15) is 0 Å². The molecule has 2 aliphatic rings. The highest BCUT2D eigenvalue weighted by atomic mass is 19.4. The Morgan fingerprint density at radius 2 is 1.68 bits per heavy atom. The van der Waals surface area contributed by atoms with Gasteiger partial charge in [0.25, 0.3) is 0 Å². The molecule has 166 valence electrons. The molecular formula is C23H26F3N3O2. The van der Waals surface area contributed by atoms with Crippen molar-refractivity contribution < 1.29 is 22.7 Å². The van der Waals surface area contributed by atoms with Gasteiger partial charge in [-0.25, -0.2) is 4.79 Å². The topological polar surface area (TPSA) is 44.8 Å². The van der Waals surface area contributed by atoms with Crippen molar-refractivity contribution in [2.75, 3.05) is 25.5 Å². The lowest BCUT2D eigenvalue weighted by molar-refractivity contribution is -0.274. The molecule has 0 atom stereocenters. The van der Waals surface area contributed by atoms with E-state index in [1.165, 1.54) is 28.7 Å². The summed E-state index contributed by atoms with van der Waals surface area (Å²) in [7, 11) is 4.16. The van der Waals surface area contributed by atoms with E-state index < -0.39 is 11.9 Å². The number of amides is 2. The number of nitrogens with zero attached hydrogens (tertiary/aromatic N) is 2. The Kier molecular flexibility index (Phi) is 5.37. The second-order valence-corrected chi connectivity index (χ2v) is 8.63. The van der Waals surface area contributed by atoms with Crippen molar-refractivity contribution in [1.29, 1.82) is 0 Å². The number of rotatable bonds is 4. The highest BCUT2D eigenvalue weighted by Gasteiger charge is 2.50. The lowest BCUT2D eigenvalue weighted by atomic mass is 9.69. The second kappa shape index (κ2) is 7.75. The Balaban J connectivity index is 1.52. The number of alkyl halides is 3. The summed E-state index contributed by atoms with van der Waals surface area (Å²) in [5.41, 5.74) is 1.15. The van der Waals surface area contributed by atoms with Gasteiger partial charge in [-0.3, -0.25) is 9.80 Å². The zero-order chi connectivity index (χ0) is 22.3. The molecule has 1 heterocycles. The van der Waals surface area contributed by atoms with Crippen molar-refractivity contribution in [3.8, 4) is 5.75 Å². The van der Waals surface area contributed by atoms with Crippen molar-refractivity contribution in [2.24, 2.45) is 0 Å². The number of hydrogen-bond acceptors (Lipinski definition) is 3. The normalized spacial score (nSPS) is 26.4. The summed E-state index contributed by atoms with van der Waals surface area (Å²) in [5.74, 6) is -0.335. The molecule has 0 unspecified atom stereocenters. The van der Waals surface area contributed by atoms with E-state index in [9.17, 15) is 18.0 Å². The zero-order valence-electron chi connectivity index (χ0n) is 17.6. The molecule has 0 bridgehead atoms. The predicted octanol–water partition coefficient (Wildman–Crippen LogP) is 4.88. The molecule has 31 heavy (non-hydrogen) atoms. The second-order valence-electron chi connectivity index (χ2n) is 8.63. The van der Waals surface area contributed by atoms with Crippen LogP contribution >= 0.6 is 0 Å². The minimum atomic E-state index is -4.77. The molecule has 1 saturated heterocycles. The minimum absolute atomic E-state index is 0.106. The standard InChI is InChI=1S/C23H26F3N3O2/c1-28(2)22(17-7-4-3-5-8-17)13-11-21(12-14-22)16-29(20(30)27-21)18-9-6-10-19(15-18)31-23(24,25)26/h3-10,15H,11-14,16H2,1-2H3,(H,27,30)/t21-,22-.